The molecule has 0 unspecified atom stereocenters. The molecule has 0 spiro atoms. The number of ketones is 1. The monoisotopic (exact) mass is 361 g/mol. The maximum atomic E-state index is 12.4. The van der Waals surface area contributed by atoms with Gasteiger partial charge in [-0.2, -0.15) is 0 Å². The molecular formula is C19H23NO6. The van der Waals surface area contributed by atoms with E-state index >= 15 is 0 Å². The first kappa shape index (κ1) is 19.5. The van der Waals surface area contributed by atoms with E-state index < -0.39 is 17.5 Å². The zero-order chi connectivity index (χ0) is 19.3. The summed E-state index contributed by atoms with van der Waals surface area (Å²) in [5.74, 6) is -1.29. The van der Waals surface area contributed by atoms with Crippen molar-refractivity contribution < 1.29 is 28.6 Å². The van der Waals surface area contributed by atoms with Crippen molar-refractivity contribution in [2.45, 2.75) is 33.8 Å². The van der Waals surface area contributed by atoms with Crippen LogP contribution in [0.15, 0.2) is 36.3 Å². The second-order valence-corrected chi connectivity index (χ2v) is 6.89. The molecular weight excluding hydrogens is 338 g/mol. The Morgan fingerprint density at radius 2 is 1.77 bits per heavy atom. The van der Waals surface area contributed by atoms with Crippen LogP contribution in [-0.4, -0.2) is 37.0 Å². The van der Waals surface area contributed by atoms with Crippen molar-refractivity contribution in [3.63, 3.8) is 0 Å². The van der Waals surface area contributed by atoms with Crippen LogP contribution in [0.1, 0.15) is 38.1 Å². The highest BCUT2D eigenvalue weighted by molar-refractivity contribution is 6.01. The van der Waals surface area contributed by atoms with Crippen molar-refractivity contribution in [2.24, 2.45) is 5.41 Å². The predicted octanol–water partition coefficient (Wildman–Crippen LogP) is 2.67. The molecule has 1 N–H and O–H groups in total. The number of rotatable bonds is 5. The number of esters is 1. The molecule has 0 radical (unpaired) electrons. The maximum Gasteiger partial charge on any atom is 0.377 e. The lowest BCUT2D eigenvalue weighted by atomic mass is 9.95. The van der Waals surface area contributed by atoms with Crippen LogP contribution < -0.4 is 5.32 Å². The summed E-state index contributed by atoms with van der Waals surface area (Å²) < 4.78 is 15.2. The molecule has 0 saturated carbocycles. The van der Waals surface area contributed by atoms with E-state index in [-0.39, 0.29) is 24.1 Å². The molecule has 1 aromatic rings. The lowest BCUT2D eigenvalue weighted by molar-refractivity contribution is -0.147. The van der Waals surface area contributed by atoms with Gasteiger partial charge in [-0.1, -0.05) is 20.8 Å². The molecule has 1 aliphatic rings. The van der Waals surface area contributed by atoms with E-state index in [1.165, 1.54) is 13.2 Å². The van der Waals surface area contributed by atoms with Gasteiger partial charge in [0, 0.05) is 16.7 Å². The van der Waals surface area contributed by atoms with E-state index in [0.29, 0.717) is 17.9 Å². The zero-order valence-electron chi connectivity index (χ0n) is 15.3. The molecule has 1 atom stereocenters. The number of hydrogen-bond acceptors (Lipinski definition) is 6. The van der Waals surface area contributed by atoms with Gasteiger partial charge in [0.05, 0.1) is 0 Å². The molecule has 0 bridgehead atoms. The summed E-state index contributed by atoms with van der Waals surface area (Å²) in [4.78, 5) is 36.3. The smallest absolute Gasteiger partial charge is 0.377 e. The third-order valence-electron chi connectivity index (χ3n) is 3.61. The Bertz CT molecular complexity index is 715. The van der Waals surface area contributed by atoms with Crippen LogP contribution >= 0.6 is 0 Å². The Morgan fingerprint density at radius 1 is 1.12 bits per heavy atom. The van der Waals surface area contributed by atoms with Gasteiger partial charge >= 0.3 is 5.97 Å². The third kappa shape index (κ3) is 5.08. The Morgan fingerprint density at radius 3 is 2.31 bits per heavy atom. The van der Waals surface area contributed by atoms with Gasteiger partial charge in [-0.05, 0) is 31.2 Å². The molecule has 7 heteroatoms. The van der Waals surface area contributed by atoms with E-state index in [0.717, 1.165) is 0 Å². The minimum atomic E-state index is -0.982. The van der Waals surface area contributed by atoms with Gasteiger partial charge in [-0.3, -0.25) is 9.59 Å². The summed E-state index contributed by atoms with van der Waals surface area (Å²) in [6.45, 7) is 7.54. The topological polar surface area (TPSA) is 90.9 Å². The minimum Gasteiger partial charge on any atom is -0.493 e. The van der Waals surface area contributed by atoms with Gasteiger partial charge in [-0.15, -0.1) is 0 Å². The highest BCUT2D eigenvalue weighted by Gasteiger charge is 2.24. The van der Waals surface area contributed by atoms with Crippen molar-refractivity contribution in [3.05, 3.63) is 41.9 Å². The molecule has 1 aromatic carbocycles. The Balaban J connectivity index is 1.97. The average molecular weight is 361 g/mol. The predicted molar refractivity (Wildman–Crippen MR) is 94.4 cm³/mol. The number of Topliss-reactive ketones (excluding diaryl/α,β-unsaturated/α-hetero) is 1. The summed E-state index contributed by atoms with van der Waals surface area (Å²) in [6.07, 6.45) is 0.194. The maximum absolute atomic E-state index is 12.4. The molecule has 0 aliphatic carbocycles. The van der Waals surface area contributed by atoms with Crippen LogP contribution in [0.25, 0.3) is 0 Å². The lowest BCUT2D eigenvalue weighted by Gasteiger charge is -2.18. The molecule has 0 aromatic heterocycles. The first-order chi connectivity index (χ1) is 12.2. The number of carbonyl (C=O) groups is 3. The van der Waals surface area contributed by atoms with Crippen LogP contribution in [0.3, 0.4) is 0 Å². The van der Waals surface area contributed by atoms with E-state index in [4.69, 9.17) is 14.2 Å². The van der Waals surface area contributed by atoms with Gasteiger partial charge in [0.25, 0.3) is 0 Å². The number of ether oxygens (including phenoxy) is 3. The van der Waals surface area contributed by atoms with E-state index in [2.05, 4.69) is 5.32 Å². The van der Waals surface area contributed by atoms with E-state index in [1.54, 1.807) is 24.3 Å². The van der Waals surface area contributed by atoms with Crippen molar-refractivity contribution in [1.29, 1.82) is 0 Å². The minimum absolute atomic E-state index is 0.0591. The van der Waals surface area contributed by atoms with Crippen LogP contribution in [-0.2, 0) is 23.8 Å². The Kier molecular flexibility index (Phi) is 6.02. The van der Waals surface area contributed by atoms with Crippen LogP contribution in [0.5, 0.6) is 0 Å². The number of hydrogen-bond donors (Lipinski definition) is 1. The normalized spacial score (nSPS) is 15.0. The quantitative estimate of drug-likeness (QED) is 0.640. The summed E-state index contributed by atoms with van der Waals surface area (Å²) in [7, 11) is 0. The van der Waals surface area contributed by atoms with Crippen LogP contribution in [0.4, 0.5) is 5.69 Å². The van der Waals surface area contributed by atoms with Crippen LogP contribution in [0.2, 0.25) is 0 Å². The Labute approximate surface area is 152 Å². The average Bonchev–Trinajstić information content (AvgIpc) is 2.61. The SMILES string of the molecule is C[C@H](OC(=O)C1=COCCO1)C(=O)c1ccc(NC(=O)C(C)(C)C)cc1. The van der Waals surface area contributed by atoms with Crippen molar-refractivity contribution in [2.75, 3.05) is 18.5 Å². The van der Waals surface area contributed by atoms with Crippen molar-refractivity contribution >= 4 is 23.3 Å². The molecule has 7 nitrogen and oxygen atoms in total. The fourth-order valence-corrected chi connectivity index (χ4v) is 2.02. The number of amides is 1. The summed E-state index contributed by atoms with van der Waals surface area (Å²) in [5.41, 5.74) is 0.439. The van der Waals surface area contributed by atoms with Gasteiger partial charge in [0.15, 0.2) is 6.10 Å². The zero-order valence-corrected chi connectivity index (χ0v) is 15.3. The number of nitrogens with one attached hydrogen (secondary N) is 1. The summed E-state index contributed by atoms with van der Waals surface area (Å²) >= 11 is 0. The highest BCUT2D eigenvalue weighted by atomic mass is 16.6. The molecule has 2 rings (SSSR count). The largest absolute Gasteiger partial charge is 0.493 e. The van der Waals surface area contributed by atoms with E-state index in [9.17, 15) is 14.4 Å². The summed E-state index contributed by atoms with van der Waals surface area (Å²) in [6, 6.07) is 6.41. The fourth-order valence-electron chi connectivity index (χ4n) is 2.02. The number of anilines is 1. The standard InChI is InChI=1S/C19H23NO6/c1-12(26-17(22)15-11-24-9-10-25-15)16(21)13-5-7-14(8-6-13)20-18(23)19(2,3)4/h5-8,11-12H,9-10H2,1-4H3,(H,20,23)/t12-/m0/s1. The second-order valence-electron chi connectivity index (χ2n) is 6.89. The fraction of sp³-hybridized carbons (Fsp3) is 0.421. The molecule has 1 aliphatic heterocycles. The van der Waals surface area contributed by atoms with Gasteiger partial charge in [-0.25, -0.2) is 4.79 Å². The highest BCUT2D eigenvalue weighted by Crippen LogP contribution is 2.19. The lowest BCUT2D eigenvalue weighted by Crippen LogP contribution is -2.28. The number of benzene rings is 1. The first-order valence-electron chi connectivity index (χ1n) is 8.30. The molecule has 26 heavy (non-hydrogen) atoms. The molecule has 0 fully saturated rings. The van der Waals surface area contributed by atoms with Crippen LogP contribution in [0, 0.1) is 5.41 Å². The summed E-state index contributed by atoms with van der Waals surface area (Å²) in [5, 5.41) is 2.78. The molecule has 140 valence electrons. The number of carbonyl (C=O) groups excluding carboxylic acids is 3. The molecule has 0 saturated heterocycles. The van der Waals surface area contributed by atoms with E-state index in [1.807, 2.05) is 20.8 Å². The van der Waals surface area contributed by atoms with Gasteiger partial charge < -0.3 is 19.5 Å². The second kappa shape index (κ2) is 8.03. The van der Waals surface area contributed by atoms with Crippen molar-refractivity contribution in [1.82, 2.24) is 0 Å². The molecule has 1 amide bonds. The third-order valence-corrected chi connectivity index (χ3v) is 3.61. The van der Waals surface area contributed by atoms with Gasteiger partial charge in [0.1, 0.15) is 19.5 Å². The van der Waals surface area contributed by atoms with Crippen molar-refractivity contribution in [3.8, 4) is 0 Å². The Hall–Kier alpha value is -2.83. The first-order valence-corrected chi connectivity index (χ1v) is 8.30. The molecule has 1 heterocycles. The van der Waals surface area contributed by atoms with Gasteiger partial charge in [0.2, 0.25) is 17.4 Å².